The molecular formula is C16H27N. The molecular weight excluding hydrogens is 206 g/mol. The summed E-state index contributed by atoms with van der Waals surface area (Å²) in [6, 6.07) is 1.09. The van der Waals surface area contributed by atoms with Crippen LogP contribution in [0, 0.1) is 0 Å². The molecule has 1 nitrogen and oxygen atoms in total. The minimum atomic E-state index is 0.546. The van der Waals surface area contributed by atoms with Gasteiger partial charge in [-0.2, -0.15) is 0 Å². The lowest BCUT2D eigenvalue weighted by Gasteiger charge is -2.30. The van der Waals surface area contributed by atoms with Gasteiger partial charge in [0.05, 0.1) is 0 Å². The highest BCUT2D eigenvalue weighted by Gasteiger charge is 2.20. The van der Waals surface area contributed by atoms with Crippen molar-refractivity contribution in [2.45, 2.75) is 67.5 Å². The van der Waals surface area contributed by atoms with Gasteiger partial charge in [-0.15, -0.1) is 0 Å². The normalized spacial score (nSPS) is 16.7. The summed E-state index contributed by atoms with van der Waals surface area (Å²) >= 11 is 0. The number of rotatable bonds is 3. The molecule has 0 heterocycles. The summed E-state index contributed by atoms with van der Waals surface area (Å²) in [6.07, 6.45) is 2.35. The van der Waals surface area contributed by atoms with Crippen molar-refractivity contribution in [2.75, 3.05) is 0 Å². The van der Waals surface area contributed by atoms with Crippen LogP contribution >= 0.6 is 0 Å². The Morgan fingerprint density at radius 3 is 1.35 bits per heavy atom. The van der Waals surface area contributed by atoms with E-state index in [-0.39, 0.29) is 0 Å². The third-order valence-corrected chi connectivity index (χ3v) is 3.97. The van der Waals surface area contributed by atoms with Crippen molar-refractivity contribution < 1.29 is 0 Å². The summed E-state index contributed by atoms with van der Waals surface area (Å²) in [5.74, 6) is 0. The molecule has 1 heteroatoms. The quantitative estimate of drug-likeness (QED) is 0.684. The lowest BCUT2D eigenvalue weighted by atomic mass is 10.1. The van der Waals surface area contributed by atoms with Crippen LogP contribution in [0.4, 0.5) is 0 Å². The largest absolute Gasteiger partial charge is 0.372 e. The monoisotopic (exact) mass is 233 g/mol. The van der Waals surface area contributed by atoms with Crippen molar-refractivity contribution in [3.8, 4) is 0 Å². The fraction of sp³-hybridized carbons (Fsp3) is 0.625. The summed E-state index contributed by atoms with van der Waals surface area (Å²) in [4.78, 5) is 2.44. The maximum Gasteiger partial charge on any atom is 0.0230 e. The minimum absolute atomic E-state index is 0.546. The van der Waals surface area contributed by atoms with Crippen LogP contribution in [0.15, 0.2) is 34.1 Å². The minimum Gasteiger partial charge on any atom is -0.372 e. The second-order valence-electron chi connectivity index (χ2n) is 5.68. The molecule has 0 spiro atoms. The van der Waals surface area contributed by atoms with E-state index in [0.29, 0.717) is 12.1 Å². The van der Waals surface area contributed by atoms with Gasteiger partial charge in [-0.1, -0.05) is 0 Å². The van der Waals surface area contributed by atoms with Crippen molar-refractivity contribution in [3.05, 3.63) is 34.1 Å². The molecule has 0 aromatic rings. The zero-order valence-electron chi connectivity index (χ0n) is 12.7. The fourth-order valence-corrected chi connectivity index (χ4v) is 2.48. The van der Waals surface area contributed by atoms with Gasteiger partial charge in [0.1, 0.15) is 0 Å². The number of allylic oxidation sites excluding steroid dienone is 5. The van der Waals surface area contributed by atoms with Crippen LogP contribution in [0.3, 0.4) is 0 Å². The summed E-state index contributed by atoms with van der Waals surface area (Å²) in [7, 11) is 0. The Morgan fingerprint density at radius 1 is 0.706 bits per heavy atom. The lowest BCUT2D eigenvalue weighted by molar-refractivity contribution is 0.255. The van der Waals surface area contributed by atoms with Gasteiger partial charge in [0, 0.05) is 18.3 Å². The van der Waals surface area contributed by atoms with E-state index in [1.807, 2.05) is 0 Å². The first-order valence-electron chi connectivity index (χ1n) is 6.62. The highest BCUT2D eigenvalue weighted by molar-refractivity contribution is 5.61. The van der Waals surface area contributed by atoms with Crippen molar-refractivity contribution in [3.63, 3.8) is 0 Å². The second kappa shape index (κ2) is 5.12. The Morgan fingerprint density at radius 2 is 1.06 bits per heavy atom. The Labute approximate surface area is 107 Å². The summed E-state index contributed by atoms with van der Waals surface area (Å²) in [6.45, 7) is 17.9. The molecule has 1 aliphatic carbocycles. The average molecular weight is 233 g/mol. The number of hydrogen-bond acceptors (Lipinski definition) is 1. The number of nitrogens with zero attached hydrogens (tertiary/aromatic N) is 1. The predicted octanol–water partition coefficient (Wildman–Crippen LogP) is 4.68. The van der Waals surface area contributed by atoms with Crippen molar-refractivity contribution in [1.82, 2.24) is 4.90 Å². The molecule has 0 radical (unpaired) electrons. The van der Waals surface area contributed by atoms with E-state index in [1.54, 1.807) is 0 Å². The van der Waals surface area contributed by atoms with Crippen molar-refractivity contribution in [2.24, 2.45) is 0 Å². The van der Waals surface area contributed by atoms with Crippen LogP contribution in [0.5, 0.6) is 0 Å². The van der Waals surface area contributed by atoms with Crippen LogP contribution in [0.25, 0.3) is 0 Å². The zero-order valence-corrected chi connectivity index (χ0v) is 12.7. The summed E-state index contributed by atoms with van der Waals surface area (Å²) in [5, 5.41) is 0. The highest BCUT2D eigenvalue weighted by Crippen LogP contribution is 2.36. The van der Waals surface area contributed by atoms with Crippen LogP contribution in [-0.2, 0) is 0 Å². The Balaban J connectivity index is 3.17. The van der Waals surface area contributed by atoms with Gasteiger partial charge in [-0.05, 0) is 83.3 Å². The van der Waals surface area contributed by atoms with Crippen molar-refractivity contribution >= 4 is 0 Å². The van der Waals surface area contributed by atoms with Crippen LogP contribution < -0.4 is 0 Å². The Hall–Kier alpha value is -0.980. The third kappa shape index (κ3) is 2.65. The molecule has 0 aromatic heterocycles. The average Bonchev–Trinajstić information content (AvgIpc) is 2.41. The molecule has 96 valence electrons. The lowest BCUT2D eigenvalue weighted by Crippen LogP contribution is -2.32. The fourth-order valence-electron chi connectivity index (χ4n) is 2.48. The maximum atomic E-state index is 2.44. The zero-order chi connectivity index (χ0) is 13.3. The number of hydrogen-bond donors (Lipinski definition) is 0. The molecule has 17 heavy (non-hydrogen) atoms. The van der Waals surface area contributed by atoms with Gasteiger partial charge < -0.3 is 4.90 Å². The highest BCUT2D eigenvalue weighted by atomic mass is 15.2. The summed E-state index contributed by atoms with van der Waals surface area (Å²) in [5.41, 5.74) is 7.18. The van der Waals surface area contributed by atoms with E-state index in [4.69, 9.17) is 0 Å². The Kier molecular flexibility index (Phi) is 4.24. The van der Waals surface area contributed by atoms with Gasteiger partial charge in [0.25, 0.3) is 0 Å². The molecule has 0 aliphatic heterocycles. The van der Waals surface area contributed by atoms with Crippen LogP contribution in [0.2, 0.25) is 0 Å². The molecule has 0 atom stereocenters. The molecule has 0 N–H and O–H groups in total. The van der Waals surface area contributed by atoms with Crippen LogP contribution in [-0.4, -0.2) is 17.0 Å². The third-order valence-electron chi connectivity index (χ3n) is 3.97. The molecule has 1 aliphatic rings. The molecule has 0 aromatic carbocycles. The van der Waals surface area contributed by atoms with E-state index in [9.17, 15) is 0 Å². The van der Waals surface area contributed by atoms with E-state index in [1.165, 1.54) is 27.9 Å². The van der Waals surface area contributed by atoms with Gasteiger partial charge in [0.15, 0.2) is 0 Å². The van der Waals surface area contributed by atoms with Crippen LogP contribution in [0.1, 0.15) is 55.4 Å². The first kappa shape index (κ1) is 14.1. The van der Waals surface area contributed by atoms with E-state index in [0.717, 1.165) is 0 Å². The van der Waals surface area contributed by atoms with Gasteiger partial charge in [-0.25, -0.2) is 0 Å². The first-order valence-corrected chi connectivity index (χ1v) is 6.62. The topological polar surface area (TPSA) is 3.24 Å². The predicted molar refractivity (Wildman–Crippen MR) is 76.9 cm³/mol. The van der Waals surface area contributed by atoms with Gasteiger partial charge >= 0.3 is 0 Å². The first-order chi connectivity index (χ1) is 7.77. The molecule has 0 amide bonds. The SMILES string of the molecule is CC1=C(C)C(C)=C(C)C1=CN(C(C)C)C(C)C. The van der Waals surface area contributed by atoms with E-state index in [2.05, 4.69) is 66.5 Å². The maximum absolute atomic E-state index is 2.44. The van der Waals surface area contributed by atoms with Gasteiger partial charge in [-0.3, -0.25) is 0 Å². The van der Waals surface area contributed by atoms with E-state index >= 15 is 0 Å². The van der Waals surface area contributed by atoms with E-state index < -0.39 is 0 Å². The van der Waals surface area contributed by atoms with Gasteiger partial charge in [0.2, 0.25) is 0 Å². The molecule has 0 fully saturated rings. The standard InChI is InChI=1S/C16H27N/c1-10(2)17(11(3)4)9-16-14(7)12(5)13(6)15(16)8/h9-11H,1-8H3. The molecule has 0 saturated heterocycles. The molecule has 0 bridgehead atoms. The molecule has 1 rings (SSSR count). The summed E-state index contributed by atoms with van der Waals surface area (Å²) < 4.78 is 0. The Bertz CT molecular complexity index is 358. The van der Waals surface area contributed by atoms with Crippen molar-refractivity contribution in [1.29, 1.82) is 0 Å². The molecule has 0 unspecified atom stereocenters. The molecule has 0 saturated carbocycles. The smallest absolute Gasteiger partial charge is 0.0230 e. The second-order valence-corrected chi connectivity index (χ2v) is 5.68.